The van der Waals surface area contributed by atoms with Crippen molar-refractivity contribution in [3.63, 3.8) is 0 Å². The average Bonchev–Trinajstić information content (AvgIpc) is 2.64. The van der Waals surface area contributed by atoms with Crippen LogP contribution in [0, 0.1) is 5.92 Å². The zero-order chi connectivity index (χ0) is 16.8. The van der Waals surface area contributed by atoms with Gasteiger partial charge in [0.2, 0.25) is 11.8 Å². The minimum absolute atomic E-state index is 0.0114. The van der Waals surface area contributed by atoms with Crippen LogP contribution >= 0.6 is 0 Å². The number of ether oxygens (including phenoxy) is 2. The first-order valence-corrected chi connectivity index (χ1v) is 8.32. The van der Waals surface area contributed by atoms with Crippen LogP contribution in [0.5, 0.6) is 11.6 Å². The number of aromatic nitrogens is 1. The van der Waals surface area contributed by atoms with Crippen molar-refractivity contribution in [2.45, 2.75) is 26.3 Å². The van der Waals surface area contributed by atoms with E-state index in [0.717, 1.165) is 23.3 Å². The Morgan fingerprint density at radius 2 is 2.25 bits per heavy atom. The van der Waals surface area contributed by atoms with Gasteiger partial charge in [0, 0.05) is 18.8 Å². The second kappa shape index (κ2) is 7.81. The number of amides is 1. The first kappa shape index (κ1) is 16.3. The highest BCUT2D eigenvalue weighted by atomic mass is 16.5. The highest BCUT2D eigenvalue weighted by Gasteiger charge is 2.25. The number of rotatable bonds is 6. The number of para-hydroxylation sites is 1. The van der Waals surface area contributed by atoms with E-state index >= 15 is 0 Å². The van der Waals surface area contributed by atoms with Gasteiger partial charge in [-0.15, -0.1) is 0 Å². The van der Waals surface area contributed by atoms with E-state index in [0.29, 0.717) is 32.1 Å². The number of fused-ring (bicyclic) bond motifs is 1. The molecule has 1 aromatic carbocycles. The van der Waals surface area contributed by atoms with Gasteiger partial charge in [0.05, 0.1) is 12.5 Å². The van der Waals surface area contributed by atoms with Crippen molar-refractivity contribution in [3.8, 4) is 11.6 Å². The summed E-state index contributed by atoms with van der Waals surface area (Å²) in [6.45, 7) is 3.57. The number of carbonyl (C=O) groups is 1. The van der Waals surface area contributed by atoms with E-state index in [9.17, 15) is 4.79 Å². The minimum atomic E-state index is -0.155. The highest BCUT2D eigenvalue weighted by Crippen LogP contribution is 2.26. The van der Waals surface area contributed by atoms with Crippen molar-refractivity contribution >= 4 is 5.91 Å². The van der Waals surface area contributed by atoms with E-state index in [2.05, 4.69) is 17.2 Å². The average molecular weight is 326 g/mol. The summed E-state index contributed by atoms with van der Waals surface area (Å²) in [5, 5.41) is 2.98. The predicted molar refractivity (Wildman–Crippen MR) is 91.0 cm³/mol. The van der Waals surface area contributed by atoms with Gasteiger partial charge in [0.1, 0.15) is 12.4 Å². The van der Waals surface area contributed by atoms with E-state index in [1.165, 1.54) is 0 Å². The molecule has 0 bridgehead atoms. The molecule has 2 aromatic rings. The second-order valence-electron chi connectivity index (χ2n) is 5.89. The summed E-state index contributed by atoms with van der Waals surface area (Å²) in [4.78, 5) is 16.6. The molecule has 1 aliphatic rings. The van der Waals surface area contributed by atoms with Gasteiger partial charge in [-0.1, -0.05) is 25.1 Å². The summed E-state index contributed by atoms with van der Waals surface area (Å²) in [6.07, 6.45) is 3.35. The van der Waals surface area contributed by atoms with Crippen molar-refractivity contribution in [2.75, 3.05) is 13.2 Å². The van der Waals surface area contributed by atoms with Crippen molar-refractivity contribution in [1.82, 2.24) is 10.3 Å². The van der Waals surface area contributed by atoms with E-state index in [4.69, 9.17) is 9.47 Å². The van der Waals surface area contributed by atoms with Crippen LogP contribution in [0.1, 0.15) is 24.5 Å². The van der Waals surface area contributed by atoms with Crippen LogP contribution in [0.2, 0.25) is 0 Å². The number of nitrogens with one attached hydrogen (secondary N) is 1. The Morgan fingerprint density at radius 3 is 3.12 bits per heavy atom. The van der Waals surface area contributed by atoms with Crippen LogP contribution in [0.25, 0.3) is 0 Å². The van der Waals surface area contributed by atoms with Crippen LogP contribution in [-0.2, 0) is 17.8 Å². The number of nitrogens with zero attached hydrogens (tertiary/aromatic N) is 1. The van der Waals surface area contributed by atoms with E-state index in [1.54, 1.807) is 6.20 Å². The zero-order valence-corrected chi connectivity index (χ0v) is 13.8. The Morgan fingerprint density at radius 1 is 1.38 bits per heavy atom. The van der Waals surface area contributed by atoms with Crippen LogP contribution in [0.4, 0.5) is 0 Å². The van der Waals surface area contributed by atoms with E-state index in [1.807, 2.05) is 36.4 Å². The van der Waals surface area contributed by atoms with Gasteiger partial charge in [0.25, 0.3) is 0 Å². The first-order chi connectivity index (χ1) is 11.8. The normalized spacial score (nSPS) is 16.0. The van der Waals surface area contributed by atoms with Gasteiger partial charge >= 0.3 is 0 Å². The third-order valence-corrected chi connectivity index (χ3v) is 3.97. The van der Waals surface area contributed by atoms with Crippen molar-refractivity contribution < 1.29 is 14.3 Å². The lowest BCUT2D eigenvalue weighted by Gasteiger charge is -2.24. The summed E-state index contributed by atoms with van der Waals surface area (Å²) in [5.41, 5.74) is 2.06. The number of hydrogen-bond donors (Lipinski definition) is 1. The summed E-state index contributed by atoms with van der Waals surface area (Å²) in [5.74, 6) is 1.34. The van der Waals surface area contributed by atoms with Gasteiger partial charge in [-0.05, 0) is 36.1 Å². The van der Waals surface area contributed by atoms with Gasteiger partial charge in [-0.2, -0.15) is 0 Å². The Labute approximate surface area is 142 Å². The Bertz CT molecular complexity index is 703. The molecule has 5 nitrogen and oxygen atoms in total. The largest absolute Gasteiger partial charge is 0.492 e. The summed E-state index contributed by atoms with van der Waals surface area (Å²) < 4.78 is 11.2. The molecule has 0 spiro atoms. The fourth-order valence-electron chi connectivity index (χ4n) is 2.68. The lowest BCUT2D eigenvalue weighted by molar-refractivity contribution is -0.126. The zero-order valence-electron chi connectivity index (χ0n) is 13.8. The van der Waals surface area contributed by atoms with Gasteiger partial charge in [-0.25, -0.2) is 4.98 Å². The number of benzene rings is 1. The Balaban J connectivity index is 1.54. The number of pyridine rings is 1. The molecule has 1 aliphatic heterocycles. The SMILES string of the molecule is CCCOc1cc(CNC(=O)[C@H]2COc3ccccc3C2)ccn1. The molecule has 0 radical (unpaired) electrons. The molecule has 24 heavy (non-hydrogen) atoms. The second-order valence-corrected chi connectivity index (χ2v) is 5.89. The molecule has 0 aliphatic carbocycles. The summed E-state index contributed by atoms with van der Waals surface area (Å²) in [7, 11) is 0. The van der Waals surface area contributed by atoms with Gasteiger partial charge < -0.3 is 14.8 Å². The van der Waals surface area contributed by atoms with Crippen molar-refractivity contribution in [1.29, 1.82) is 0 Å². The molecule has 1 amide bonds. The standard InChI is InChI=1S/C19H22N2O3/c1-2-9-23-18-10-14(7-8-20-18)12-21-19(22)16-11-15-5-3-4-6-17(15)24-13-16/h3-8,10,16H,2,9,11-13H2,1H3,(H,21,22)/t16-/m1/s1. The molecule has 126 valence electrons. The molecule has 1 aromatic heterocycles. The molecule has 0 fully saturated rings. The summed E-state index contributed by atoms with van der Waals surface area (Å²) >= 11 is 0. The molecule has 0 saturated heterocycles. The molecule has 1 N–H and O–H groups in total. The molecule has 0 unspecified atom stereocenters. The lowest BCUT2D eigenvalue weighted by atomic mass is 9.96. The monoisotopic (exact) mass is 326 g/mol. The van der Waals surface area contributed by atoms with Crippen molar-refractivity contribution in [2.24, 2.45) is 5.92 Å². The van der Waals surface area contributed by atoms with Crippen LogP contribution < -0.4 is 14.8 Å². The summed E-state index contributed by atoms with van der Waals surface area (Å²) in [6, 6.07) is 11.6. The lowest BCUT2D eigenvalue weighted by Crippen LogP contribution is -2.37. The maximum absolute atomic E-state index is 12.4. The highest BCUT2D eigenvalue weighted by molar-refractivity contribution is 5.79. The molecule has 5 heteroatoms. The van der Waals surface area contributed by atoms with Crippen molar-refractivity contribution in [3.05, 3.63) is 53.7 Å². The fourth-order valence-corrected chi connectivity index (χ4v) is 2.68. The predicted octanol–water partition coefficient (Wildman–Crippen LogP) is 2.74. The van der Waals surface area contributed by atoms with Crippen LogP contribution in [-0.4, -0.2) is 24.1 Å². The molecule has 1 atom stereocenters. The molecule has 0 saturated carbocycles. The van der Waals surface area contributed by atoms with Crippen LogP contribution in [0.15, 0.2) is 42.6 Å². The molecular weight excluding hydrogens is 304 g/mol. The van der Waals surface area contributed by atoms with E-state index < -0.39 is 0 Å². The van der Waals surface area contributed by atoms with Gasteiger partial charge in [-0.3, -0.25) is 4.79 Å². The first-order valence-electron chi connectivity index (χ1n) is 8.32. The maximum atomic E-state index is 12.4. The molecule has 2 heterocycles. The molecule has 3 rings (SSSR count). The quantitative estimate of drug-likeness (QED) is 0.887. The Kier molecular flexibility index (Phi) is 5.31. The third-order valence-electron chi connectivity index (χ3n) is 3.97. The van der Waals surface area contributed by atoms with E-state index in [-0.39, 0.29) is 11.8 Å². The topological polar surface area (TPSA) is 60.5 Å². The smallest absolute Gasteiger partial charge is 0.227 e. The maximum Gasteiger partial charge on any atom is 0.227 e. The minimum Gasteiger partial charge on any atom is -0.492 e. The Hall–Kier alpha value is -2.56. The van der Waals surface area contributed by atoms with Crippen LogP contribution in [0.3, 0.4) is 0 Å². The number of hydrogen-bond acceptors (Lipinski definition) is 4. The van der Waals surface area contributed by atoms with Gasteiger partial charge in [0.15, 0.2) is 0 Å². The third kappa shape index (κ3) is 4.04. The fraction of sp³-hybridized carbons (Fsp3) is 0.368. The number of carbonyl (C=O) groups excluding carboxylic acids is 1. The molecular formula is C19H22N2O3.